The summed E-state index contributed by atoms with van der Waals surface area (Å²) in [7, 11) is 0. The topological polar surface area (TPSA) is 70.5 Å². The number of fused-ring (bicyclic) bond motifs is 2. The van der Waals surface area contributed by atoms with Gasteiger partial charge in [0.1, 0.15) is 0 Å². The van der Waals surface area contributed by atoms with E-state index in [0.29, 0.717) is 43.5 Å². The number of carbonyl (C=O) groups excluding carboxylic acids is 2. The summed E-state index contributed by atoms with van der Waals surface area (Å²) in [5.74, 6) is -0.0352. The molecule has 1 aliphatic carbocycles. The van der Waals surface area contributed by atoms with E-state index in [2.05, 4.69) is 0 Å². The number of likely N-dealkylation sites (tertiary alicyclic amines) is 1. The maximum Gasteiger partial charge on any atom is 0.254 e. The van der Waals surface area contributed by atoms with Gasteiger partial charge in [-0.2, -0.15) is 0 Å². The number of pyridine rings is 1. The Morgan fingerprint density at radius 3 is 2.79 bits per heavy atom. The predicted molar refractivity (Wildman–Crippen MR) is 110 cm³/mol. The van der Waals surface area contributed by atoms with E-state index in [1.807, 2.05) is 36.4 Å². The monoisotopic (exact) mass is 386 g/mol. The molecule has 0 saturated carbocycles. The molecule has 2 atom stereocenters. The van der Waals surface area contributed by atoms with Gasteiger partial charge >= 0.3 is 0 Å². The molecule has 29 heavy (non-hydrogen) atoms. The molecule has 3 aromatic rings. The molecule has 2 heterocycles. The number of amides is 1. The number of nitrogens with zero attached hydrogens (tertiary/aromatic N) is 2. The Labute approximate surface area is 169 Å². The Bertz CT molecular complexity index is 1120. The number of hydrogen-bond donors (Lipinski definition) is 1. The van der Waals surface area contributed by atoms with Crippen LogP contribution in [0.4, 0.5) is 0 Å². The third-order valence-corrected chi connectivity index (χ3v) is 6.13. The molecular formula is C24H22N2O3. The Kier molecular flexibility index (Phi) is 4.40. The second-order valence-corrected chi connectivity index (χ2v) is 7.99. The Morgan fingerprint density at radius 2 is 1.90 bits per heavy atom. The minimum atomic E-state index is -0.578. The fourth-order valence-electron chi connectivity index (χ4n) is 4.57. The van der Waals surface area contributed by atoms with Gasteiger partial charge in [0, 0.05) is 47.6 Å². The normalized spacial score (nSPS) is 21.0. The zero-order valence-corrected chi connectivity index (χ0v) is 16.0. The first-order valence-electron chi connectivity index (χ1n) is 10.1. The summed E-state index contributed by atoms with van der Waals surface area (Å²) in [4.78, 5) is 31.5. The van der Waals surface area contributed by atoms with Gasteiger partial charge in [0.2, 0.25) is 0 Å². The molecule has 1 N–H and O–H groups in total. The van der Waals surface area contributed by atoms with Crippen LogP contribution in [0, 0.1) is 5.92 Å². The van der Waals surface area contributed by atoms with E-state index in [9.17, 15) is 14.7 Å². The summed E-state index contributed by atoms with van der Waals surface area (Å²) in [6.07, 6.45) is 1.14. The van der Waals surface area contributed by atoms with Gasteiger partial charge in [0.25, 0.3) is 5.91 Å². The first-order valence-corrected chi connectivity index (χ1v) is 10.1. The summed E-state index contributed by atoms with van der Waals surface area (Å²) in [5.41, 5.74) is 4.00. The van der Waals surface area contributed by atoms with Gasteiger partial charge in [-0.1, -0.05) is 36.4 Å². The highest BCUT2D eigenvalue weighted by Gasteiger charge is 2.36. The average molecular weight is 386 g/mol. The predicted octanol–water partition coefficient (Wildman–Crippen LogP) is 3.04. The minimum absolute atomic E-state index is 0.0500. The number of carbonyl (C=O) groups is 2. The zero-order chi connectivity index (χ0) is 20.0. The molecule has 2 aromatic carbocycles. The highest BCUT2D eigenvalue weighted by atomic mass is 16.3. The second-order valence-electron chi connectivity index (χ2n) is 7.99. The maximum atomic E-state index is 13.1. The van der Waals surface area contributed by atoms with Gasteiger partial charge in [0.05, 0.1) is 11.6 Å². The molecule has 146 valence electrons. The van der Waals surface area contributed by atoms with E-state index < -0.39 is 6.10 Å². The van der Waals surface area contributed by atoms with Crippen molar-refractivity contribution in [3.8, 4) is 0 Å². The quantitative estimate of drug-likeness (QED) is 0.751. The Balaban J connectivity index is 1.34. The van der Waals surface area contributed by atoms with Crippen LogP contribution in [0.15, 0.2) is 54.6 Å². The number of aliphatic hydroxyl groups is 1. The van der Waals surface area contributed by atoms with E-state index in [0.717, 1.165) is 22.2 Å². The highest BCUT2D eigenvalue weighted by molar-refractivity contribution is 6.05. The van der Waals surface area contributed by atoms with Crippen LogP contribution in [-0.4, -0.2) is 45.9 Å². The third-order valence-electron chi connectivity index (χ3n) is 6.13. The lowest BCUT2D eigenvalue weighted by Crippen LogP contribution is -2.30. The van der Waals surface area contributed by atoms with Crippen molar-refractivity contribution in [1.29, 1.82) is 0 Å². The summed E-state index contributed by atoms with van der Waals surface area (Å²) in [5, 5.41) is 11.7. The first-order chi connectivity index (χ1) is 14.1. The number of para-hydroxylation sites is 1. The number of ketones is 1. The van der Waals surface area contributed by atoms with Crippen molar-refractivity contribution in [1.82, 2.24) is 9.88 Å². The largest absolute Gasteiger partial charge is 0.391 e. The Morgan fingerprint density at radius 1 is 1.03 bits per heavy atom. The van der Waals surface area contributed by atoms with Gasteiger partial charge in [-0.3, -0.25) is 14.6 Å². The molecular weight excluding hydrogens is 364 g/mol. The number of Topliss-reactive ketones (excluding diaryl/α,β-unsaturated/α-hetero) is 1. The van der Waals surface area contributed by atoms with Gasteiger partial charge < -0.3 is 10.0 Å². The third kappa shape index (κ3) is 3.21. The number of aromatic nitrogens is 1. The van der Waals surface area contributed by atoms with Crippen LogP contribution in [0.2, 0.25) is 0 Å². The average Bonchev–Trinajstić information content (AvgIpc) is 3.30. The summed E-state index contributed by atoms with van der Waals surface area (Å²) < 4.78 is 0. The van der Waals surface area contributed by atoms with Crippen molar-refractivity contribution in [2.75, 3.05) is 13.1 Å². The molecule has 0 unspecified atom stereocenters. The van der Waals surface area contributed by atoms with Crippen LogP contribution in [0.25, 0.3) is 10.9 Å². The maximum absolute atomic E-state index is 13.1. The van der Waals surface area contributed by atoms with Crippen LogP contribution < -0.4 is 0 Å². The molecule has 5 rings (SSSR count). The van der Waals surface area contributed by atoms with E-state index in [4.69, 9.17) is 4.98 Å². The number of β-amino-alcohol motifs (C(OH)–C–C–N with tert-alkyl or cyclic N) is 1. The molecule has 1 amide bonds. The number of hydrogen-bond acceptors (Lipinski definition) is 4. The van der Waals surface area contributed by atoms with E-state index in [1.165, 1.54) is 0 Å². The Hall–Kier alpha value is -3.05. The van der Waals surface area contributed by atoms with E-state index >= 15 is 0 Å². The zero-order valence-electron chi connectivity index (χ0n) is 16.0. The van der Waals surface area contributed by atoms with Crippen molar-refractivity contribution in [2.24, 2.45) is 5.92 Å². The van der Waals surface area contributed by atoms with Crippen molar-refractivity contribution in [3.63, 3.8) is 0 Å². The fourth-order valence-corrected chi connectivity index (χ4v) is 4.57. The van der Waals surface area contributed by atoms with Crippen LogP contribution in [0.1, 0.15) is 38.4 Å². The van der Waals surface area contributed by atoms with Gasteiger partial charge in [0.15, 0.2) is 5.78 Å². The van der Waals surface area contributed by atoms with E-state index in [-0.39, 0.29) is 17.6 Å². The molecule has 1 aliphatic heterocycles. The summed E-state index contributed by atoms with van der Waals surface area (Å²) >= 11 is 0. The fraction of sp³-hybridized carbons (Fsp3) is 0.292. The molecule has 1 fully saturated rings. The minimum Gasteiger partial charge on any atom is -0.391 e. The van der Waals surface area contributed by atoms with Gasteiger partial charge in [-0.25, -0.2) is 0 Å². The molecule has 1 saturated heterocycles. The molecule has 0 bridgehead atoms. The van der Waals surface area contributed by atoms with Crippen LogP contribution in [0.3, 0.4) is 0 Å². The SMILES string of the molecule is O=C1CCc2c1cccc2C(=O)N1C[C@@H](Cc2ccc3ccccc3n2)[C@H](O)C1. The van der Waals surface area contributed by atoms with Crippen molar-refractivity contribution in [2.45, 2.75) is 25.4 Å². The van der Waals surface area contributed by atoms with Crippen LogP contribution in [0.5, 0.6) is 0 Å². The lowest BCUT2D eigenvalue weighted by atomic mass is 9.99. The standard InChI is InChI=1S/C24H22N2O3/c27-22-11-10-18-19(22)5-3-6-20(18)24(29)26-13-16(23(28)14-26)12-17-9-8-15-4-1-2-7-21(15)25-17/h1-9,16,23,28H,10-14H2/t16-,23-/m1/s1. The van der Waals surface area contributed by atoms with Gasteiger partial charge in [-0.15, -0.1) is 0 Å². The van der Waals surface area contributed by atoms with Crippen LogP contribution in [-0.2, 0) is 12.8 Å². The van der Waals surface area contributed by atoms with Crippen molar-refractivity contribution >= 4 is 22.6 Å². The molecule has 0 spiro atoms. The summed E-state index contributed by atoms with van der Waals surface area (Å²) in [6.45, 7) is 0.806. The number of aliphatic hydroxyl groups excluding tert-OH is 1. The molecule has 5 heteroatoms. The lowest BCUT2D eigenvalue weighted by molar-refractivity contribution is 0.0763. The highest BCUT2D eigenvalue weighted by Crippen LogP contribution is 2.29. The smallest absolute Gasteiger partial charge is 0.254 e. The lowest BCUT2D eigenvalue weighted by Gasteiger charge is -2.18. The molecule has 0 radical (unpaired) electrons. The molecule has 1 aromatic heterocycles. The first kappa shape index (κ1) is 18.0. The molecule has 5 nitrogen and oxygen atoms in total. The van der Waals surface area contributed by atoms with Crippen LogP contribution >= 0.6 is 0 Å². The van der Waals surface area contributed by atoms with Crippen molar-refractivity contribution < 1.29 is 14.7 Å². The van der Waals surface area contributed by atoms with Gasteiger partial charge in [-0.05, 0) is 36.6 Å². The van der Waals surface area contributed by atoms with Crippen molar-refractivity contribution in [3.05, 3.63) is 77.0 Å². The number of rotatable bonds is 3. The second kappa shape index (κ2) is 7.08. The number of benzene rings is 2. The molecule has 2 aliphatic rings. The summed E-state index contributed by atoms with van der Waals surface area (Å²) in [6, 6.07) is 17.4. The van der Waals surface area contributed by atoms with E-state index in [1.54, 1.807) is 23.1 Å².